The maximum absolute atomic E-state index is 12.5. The van der Waals surface area contributed by atoms with E-state index in [0.29, 0.717) is 30.3 Å². The van der Waals surface area contributed by atoms with Crippen molar-refractivity contribution < 1.29 is 9.53 Å². The van der Waals surface area contributed by atoms with Gasteiger partial charge in [-0.05, 0) is 45.4 Å². The molecule has 0 aromatic rings. The van der Waals surface area contributed by atoms with Gasteiger partial charge in [0.15, 0.2) is 0 Å². The first kappa shape index (κ1) is 15.5. The number of hydrogen-bond acceptors (Lipinski definition) is 2. The van der Waals surface area contributed by atoms with Crippen molar-refractivity contribution in [3.63, 3.8) is 0 Å². The van der Waals surface area contributed by atoms with Crippen LogP contribution in [0.4, 0.5) is 0 Å². The molecule has 3 nitrogen and oxygen atoms in total. The molecule has 1 aliphatic heterocycles. The van der Waals surface area contributed by atoms with Crippen LogP contribution in [-0.4, -0.2) is 36.1 Å². The zero-order chi connectivity index (χ0) is 13.5. The Balaban J connectivity index is 2.57. The largest absolute Gasteiger partial charge is 0.381 e. The number of hydrogen-bond donors (Lipinski definition) is 0. The number of amides is 1. The van der Waals surface area contributed by atoms with E-state index in [1.54, 1.807) is 0 Å². The van der Waals surface area contributed by atoms with Crippen LogP contribution < -0.4 is 0 Å². The number of rotatable bonds is 6. The molecule has 3 heteroatoms. The highest BCUT2D eigenvalue weighted by Gasteiger charge is 2.26. The van der Waals surface area contributed by atoms with E-state index in [1.165, 1.54) is 0 Å². The number of carbonyl (C=O) groups excluding carboxylic acids is 1. The third-order valence-electron chi connectivity index (χ3n) is 4.22. The highest BCUT2D eigenvalue weighted by atomic mass is 16.5. The summed E-state index contributed by atoms with van der Waals surface area (Å²) < 4.78 is 5.35. The van der Waals surface area contributed by atoms with Crippen molar-refractivity contribution in [3.8, 4) is 0 Å². The summed E-state index contributed by atoms with van der Waals surface area (Å²) in [7, 11) is 0. The third kappa shape index (κ3) is 4.27. The van der Waals surface area contributed by atoms with Crippen LogP contribution in [0.15, 0.2) is 0 Å². The number of nitrogens with zero attached hydrogens (tertiary/aromatic N) is 1. The molecule has 1 aliphatic rings. The van der Waals surface area contributed by atoms with Crippen molar-refractivity contribution in [2.45, 2.75) is 71.9 Å². The molecule has 1 heterocycles. The lowest BCUT2D eigenvalue weighted by Crippen LogP contribution is -2.45. The molecule has 2 atom stereocenters. The van der Waals surface area contributed by atoms with Gasteiger partial charge in [0.2, 0.25) is 5.91 Å². The van der Waals surface area contributed by atoms with E-state index < -0.39 is 0 Å². The van der Waals surface area contributed by atoms with E-state index in [1.807, 2.05) is 0 Å². The first-order valence-electron chi connectivity index (χ1n) is 7.49. The molecule has 0 spiro atoms. The molecule has 18 heavy (non-hydrogen) atoms. The Hall–Kier alpha value is -0.570. The van der Waals surface area contributed by atoms with Gasteiger partial charge in [0, 0.05) is 31.7 Å². The predicted octanol–water partition coefficient (Wildman–Crippen LogP) is 3.23. The molecule has 0 N–H and O–H groups in total. The lowest BCUT2D eigenvalue weighted by molar-refractivity contribution is -0.137. The van der Waals surface area contributed by atoms with E-state index in [2.05, 4.69) is 32.6 Å². The lowest BCUT2D eigenvalue weighted by Gasteiger charge is -2.35. The van der Waals surface area contributed by atoms with Gasteiger partial charge < -0.3 is 9.64 Å². The Morgan fingerprint density at radius 2 is 1.67 bits per heavy atom. The molecular formula is C15H29NO2. The van der Waals surface area contributed by atoms with Crippen LogP contribution in [0.3, 0.4) is 0 Å². The summed E-state index contributed by atoms with van der Waals surface area (Å²) >= 11 is 0. The summed E-state index contributed by atoms with van der Waals surface area (Å²) in [5.41, 5.74) is 0. The molecule has 1 fully saturated rings. The Labute approximate surface area is 112 Å². The average Bonchev–Trinajstić information content (AvgIpc) is 2.39. The van der Waals surface area contributed by atoms with Gasteiger partial charge in [-0.1, -0.05) is 13.8 Å². The van der Waals surface area contributed by atoms with E-state index in [0.717, 1.165) is 38.9 Å². The van der Waals surface area contributed by atoms with Crippen molar-refractivity contribution in [2.24, 2.45) is 5.92 Å². The van der Waals surface area contributed by atoms with Crippen molar-refractivity contribution in [2.75, 3.05) is 13.2 Å². The Morgan fingerprint density at radius 1 is 1.17 bits per heavy atom. The number of ether oxygens (including phenoxy) is 1. The van der Waals surface area contributed by atoms with E-state index >= 15 is 0 Å². The lowest BCUT2D eigenvalue weighted by atomic mass is 9.95. The second-order valence-electron chi connectivity index (χ2n) is 5.58. The molecule has 0 radical (unpaired) electrons. The van der Waals surface area contributed by atoms with E-state index in [9.17, 15) is 4.79 Å². The Morgan fingerprint density at radius 3 is 2.11 bits per heavy atom. The molecule has 1 saturated heterocycles. The van der Waals surface area contributed by atoms with Gasteiger partial charge in [0.1, 0.15) is 0 Å². The fraction of sp³-hybridized carbons (Fsp3) is 0.933. The van der Waals surface area contributed by atoms with E-state index in [4.69, 9.17) is 4.74 Å². The molecule has 0 saturated carbocycles. The van der Waals surface area contributed by atoms with Crippen LogP contribution in [-0.2, 0) is 9.53 Å². The van der Waals surface area contributed by atoms with Gasteiger partial charge in [-0.2, -0.15) is 0 Å². The van der Waals surface area contributed by atoms with Crippen molar-refractivity contribution in [1.82, 2.24) is 4.90 Å². The number of carbonyl (C=O) groups is 1. The highest BCUT2D eigenvalue weighted by Crippen LogP contribution is 2.22. The van der Waals surface area contributed by atoms with Crippen LogP contribution in [0.1, 0.15) is 59.8 Å². The van der Waals surface area contributed by atoms with Crippen molar-refractivity contribution in [1.29, 1.82) is 0 Å². The Bertz CT molecular complexity index is 239. The molecule has 0 aromatic heterocycles. The summed E-state index contributed by atoms with van der Waals surface area (Å²) in [6, 6.07) is 0.708. The molecular weight excluding hydrogens is 226 g/mol. The minimum absolute atomic E-state index is 0.339. The summed E-state index contributed by atoms with van der Waals surface area (Å²) in [6.45, 7) is 10.3. The maximum atomic E-state index is 12.5. The van der Waals surface area contributed by atoms with Crippen LogP contribution in [0, 0.1) is 5.92 Å². The molecule has 0 bridgehead atoms. The predicted molar refractivity (Wildman–Crippen MR) is 74.5 cm³/mol. The fourth-order valence-electron chi connectivity index (χ4n) is 2.62. The zero-order valence-electron chi connectivity index (χ0n) is 12.4. The normalized spacial score (nSPS) is 20.4. The average molecular weight is 255 g/mol. The zero-order valence-corrected chi connectivity index (χ0v) is 12.4. The monoisotopic (exact) mass is 255 g/mol. The van der Waals surface area contributed by atoms with Gasteiger partial charge in [0.25, 0.3) is 0 Å². The van der Waals surface area contributed by atoms with Crippen molar-refractivity contribution >= 4 is 5.91 Å². The first-order valence-corrected chi connectivity index (χ1v) is 7.49. The smallest absolute Gasteiger partial charge is 0.223 e. The molecule has 106 valence electrons. The Kier molecular flexibility index (Phi) is 6.69. The molecule has 1 rings (SSSR count). The SMILES string of the molecule is CC[C@@H](C)N(C(=O)CC1CCOCC1)[C@H](C)CC. The van der Waals surface area contributed by atoms with Gasteiger partial charge in [-0.15, -0.1) is 0 Å². The van der Waals surface area contributed by atoms with Crippen LogP contribution >= 0.6 is 0 Å². The maximum Gasteiger partial charge on any atom is 0.223 e. The van der Waals surface area contributed by atoms with Crippen LogP contribution in [0.25, 0.3) is 0 Å². The topological polar surface area (TPSA) is 29.5 Å². The highest BCUT2D eigenvalue weighted by molar-refractivity contribution is 5.77. The summed E-state index contributed by atoms with van der Waals surface area (Å²) in [5.74, 6) is 0.868. The van der Waals surface area contributed by atoms with Gasteiger partial charge in [-0.3, -0.25) is 4.79 Å². The van der Waals surface area contributed by atoms with E-state index in [-0.39, 0.29) is 0 Å². The fourth-order valence-corrected chi connectivity index (χ4v) is 2.62. The molecule has 0 aliphatic carbocycles. The summed E-state index contributed by atoms with van der Waals surface area (Å²) in [5, 5.41) is 0. The first-order chi connectivity index (χ1) is 8.60. The summed E-state index contributed by atoms with van der Waals surface area (Å²) in [4.78, 5) is 14.6. The summed E-state index contributed by atoms with van der Waals surface area (Å²) in [6.07, 6.45) is 4.85. The molecule has 0 unspecified atom stereocenters. The minimum Gasteiger partial charge on any atom is -0.381 e. The standard InChI is InChI=1S/C15H29NO2/c1-5-12(3)16(13(4)6-2)15(17)11-14-7-9-18-10-8-14/h12-14H,5-11H2,1-4H3/t12-,13-/m1/s1. The van der Waals surface area contributed by atoms with Gasteiger partial charge in [0.05, 0.1) is 0 Å². The van der Waals surface area contributed by atoms with Gasteiger partial charge >= 0.3 is 0 Å². The van der Waals surface area contributed by atoms with Crippen LogP contribution in [0.5, 0.6) is 0 Å². The molecule has 0 aromatic carbocycles. The van der Waals surface area contributed by atoms with Gasteiger partial charge in [-0.25, -0.2) is 0 Å². The molecule has 1 amide bonds. The quantitative estimate of drug-likeness (QED) is 0.729. The third-order valence-corrected chi connectivity index (χ3v) is 4.22. The minimum atomic E-state index is 0.339. The van der Waals surface area contributed by atoms with Crippen LogP contribution in [0.2, 0.25) is 0 Å². The van der Waals surface area contributed by atoms with Crippen molar-refractivity contribution in [3.05, 3.63) is 0 Å². The second kappa shape index (κ2) is 7.78. The second-order valence-corrected chi connectivity index (χ2v) is 5.58.